The van der Waals surface area contributed by atoms with Crippen molar-refractivity contribution in [2.75, 3.05) is 16.9 Å². The Balaban J connectivity index is 1.59. The number of rotatable bonds is 7. The second-order valence-electron chi connectivity index (χ2n) is 8.59. The summed E-state index contributed by atoms with van der Waals surface area (Å²) in [4.78, 5) is 30.4. The zero-order valence-corrected chi connectivity index (χ0v) is 22.5. The Morgan fingerprint density at radius 2 is 1.33 bits per heavy atom. The monoisotopic (exact) mass is 554 g/mol. The van der Waals surface area contributed by atoms with Crippen LogP contribution in [-0.2, 0) is 16.2 Å². The van der Waals surface area contributed by atoms with E-state index in [-0.39, 0.29) is 17.3 Å². The minimum atomic E-state index is -0.533. The summed E-state index contributed by atoms with van der Waals surface area (Å²) in [6, 6.07) is 30.6. The lowest BCUT2D eigenvalue weighted by molar-refractivity contribution is -0.120. The van der Waals surface area contributed by atoms with Crippen LogP contribution >= 0.6 is 23.8 Å². The number of hydrogen-bond acceptors (Lipinski definition) is 5. The average Bonchev–Trinajstić information content (AvgIpc) is 2.96. The first-order valence-corrected chi connectivity index (χ1v) is 12.9. The van der Waals surface area contributed by atoms with E-state index in [4.69, 9.17) is 33.3 Å². The molecule has 0 unspecified atom stereocenters. The molecule has 1 aliphatic rings. The minimum absolute atomic E-state index is 0.0686. The third-order valence-corrected chi connectivity index (χ3v) is 6.72. The second-order valence-corrected chi connectivity index (χ2v) is 9.39. The van der Waals surface area contributed by atoms with Crippen LogP contribution in [-0.4, -0.2) is 24.0 Å². The number of carbonyl (C=O) groups is 2. The van der Waals surface area contributed by atoms with E-state index in [9.17, 15) is 9.59 Å². The Labute approximate surface area is 236 Å². The fourth-order valence-electron chi connectivity index (χ4n) is 4.19. The molecule has 8 heteroatoms. The number of methoxy groups -OCH3 is 1. The normalized spacial score (nSPS) is 13.5. The largest absolute Gasteiger partial charge is 0.493 e. The minimum Gasteiger partial charge on any atom is -0.493 e. The Morgan fingerprint density at radius 3 is 1.87 bits per heavy atom. The Bertz CT molecular complexity index is 1490. The van der Waals surface area contributed by atoms with Crippen LogP contribution in [0.2, 0.25) is 5.02 Å². The van der Waals surface area contributed by atoms with Crippen LogP contribution < -0.4 is 19.3 Å². The first kappa shape index (κ1) is 26.2. The van der Waals surface area contributed by atoms with Crippen LogP contribution in [0.1, 0.15) is 11.1 Å². The van der Waals surface area contributed by atoms with Gasteiger partial charge in [0.1, 0.15) is 12.2 Å². The van der Waals surface area contributed by atoms with Gasteiger partial charge < -0.3 is 9.47 Å². The number of carbonyl (C=O) groups excluding carboxylic acids is 2. The smallest absolute Gasteiger partial charge is 0.270 e. The van der Waals surface area contributed by atoms with Gasteiger partial charge in [0, 0.05) is 10.6 Å². The molecule has 4 aromatic carbocycles. The molecule has 6 nitrogen and oxygen atoms in total. The van der Waals surface area contributed by atoms with Gasteiger partial charge in [0.05, 0.1) is 18.5 Å². The molecule has 39 heavy (non-hydrogen) atoms. The van der Waals surface area contributed by atoms with Crippen molar-refractivity contribution in [2.24, 2.45) is 0 Å². The van der Waals surface area contributed by atoms with Gasteiger partial charge in [-0.25, -0.2) is 0 Å². The standard InChI is InChI=1S/C31H23ClN2O4S/c1-37-27-14-8-9-22(28(27)38-20-21-15-17-23(32)18-16-21)19-26-29(35)33(24-10-4-2-5-11-24)31(39)34(30(26)36)25-12-6-3-7-13-25/h2-19H,20H2,1H3. The second kappa shape index (κ2) is 11.5. The maximum atomic E-state index is 13.8. The quantitative estimate of drug-likeness (QED) is 0.145. The number of ether oxygens (including phenoxy) is 2. The third-order valence-electron chi connectivity index (χ3n) is 6.10. The summed E-state index contributed by atoms with van der Waals surface area (Å²) in [6.45, 7) is 0.228. The van der Waals surface area contributed by atoms with Crippen molar-refractivity contribution in [3.05, 3.63) is 125 Å². The van der Waals surface area contributed by atoms with Gasteiger partial charge in [-0.2, -0.15) is 0 Å². The van der Waals surface area contributed by atoms with Gasteiger partial charge in [0.2, 0.25) is 0 Å². The molecule has 5 rings (SSSR count). The van der Waals surface area contributed by atoms with Gasteiger partial charge in [-0.05, 0) is 66.3 Å². The van der Waals surface area contributed by atoms with E-state index in [1.54, 1.807) is 54.6 Å². The predicted octanol–water partition coefficient (Wildman–Crippen LogP) is 6.68. The maximum absolute atomic E-state index is 13.8. The Kier molecular flexibility index (Phi) is 7.72. The molecule has 0 radical (unpaired) electrons. The molecular weight excluding hydrogens is 532 g/mol. The van der Waals surface area contributed by atoms with Gasteiger partial charge in [-0.3, -0.25) is 19.4 Å². The highest BCUT2D eigenvalue weighted by molar-refractivity contribution is 7.81. The summed E-state index contributed by atoms with van der Waals surface area (Å²) in [7, 11) is 1.53. The lowest BCUT2D eigenvalue weighted by Crippen LogP contribution is -2.56. The van der Waals surface area contributed by atoms with E-state index in [2.05, 4.69) is 0 Å². The van der Waals surface area contributed by atoms with Crippen molar-refractivity contribution < 1.29 is 19.1 Å². The number of halogens is 1. The van der Waals surface area contributed by atoms with E-state index in [0.29, 0.717) is 33.5 Å². The van der Waals surface area contributed by atoms with Crippen molar-refractivity contribution in [3.8, 4) is 11.5 Å². The summed E-state index contributed by atoms with van der Waals surface area (Å²) < 4.78 is 11.7. The molecule has 0 aromatic heterocycles. The van der Waals surface area contributed by atoms with Gasteiger partial charge in [0.25, 0.3) is 11.8 Å². The third kappa shape index (κ3) is 5.41. The van der Waals surface area contributed by atoms with E-state index in [0.717, 1.165) is 5.56 Å². The molecule has 0 bridgehead atoms. The number of thiocarbonyl (C=S) groups is 1. The van der Waals surface area contributed by atoms with Crippen LogP contribution in [0.25, 0.3) is 6.08 Å². The first-order valence-electron chi connectivity index (χ1n) is 12.1. The van der Waals surface area contributed by atoms with E-state index in [1.165, 1.54) is 23.0 Å². The zero-order chi connectivity index (χ0) is 27.4. The summed E-state index contributed by atoms with van der Waals surface area (Å²) in [6.07, 6.45) is 1.53. The van der Waals surface area contributed by atoms with Crippen LogP contribution in [0.5, 0.6) is 11.5 Å². The Hall–Kier alpha value is -4.46. The first-order chi connectivity index (χ1) is 19.0. The van der Waals surface area contributed by atoms with Gasteiger partial charge >= 0.3 is 0 Å². The van der Waals surface area contributed by atoms with Crippen molar-refractivity contribution >= 4 is 58.2 Å². The molecule has 0 atom stereocenters. The number of nitrogens with zero attached hydrogens (tertiary/aromatic N) is 2. The van der Waals surface area contributed by atoms with Crippen LogP contribution in [0.3, 0.4) is 0 Å². The van der Waals surface area contributed by atoms with Crippen LogP contribution in [0.15, 0.2) is 109 Å². The van der Waals surface area contributed by atoms with Crippen molar-refractivity contribution in [2.45, 2.75) is 6.61 Å². The molecule has 4 aromatic rings. The molecule has 1 heterocycles. The molecule has 1 fully saturated rings. The summed E-state index contributed by atoms with van der Waals surface area (Å²) >= 11 is 11.7. The summed E-state index contributed by atoms with van der Waals surface area (Å²) in [5, 5.41) is 0.698. The predicted molar refractivity (Wildman–Crippen MR) is 157 cm³/mol. The Morgan fingerprint density at radius 1 is 0.769 bits per heavy atom. The summed E-state index contributed by atoms with van der Waals surface area (Å²) in [5.41, 5.74) is 2.44. The molecule has 1 aliphatic heterocycles. The van der Waals surface area contributed by atoms with Crippen molar-refractivity contribution in [1.82, 2.24) is 0 Å². The lowest BCUT2D eigenvalue weighted by Gasteiger charge is -2.36. The fraction of sp³-hybridized carbons (Fsp3) is 0.0645. The number of anilines is 2. The lowest BCUT2D eigenvalue weighted by atomic mass is 10.0. The highest BCUT2D eigenvalue weighted by Crippen LogP contribution is 2.36. The molecule has 0 saturated carbocycles. The molecule has 0 spiro atoms. The van der Waals surface area contributed by atoms with Crippen molar-refractivity contribution in [3.63, 3.8) is 0 Å². The van der Waals surface area contributed by atoms with Crippen molar-refractivity contribution in [1.29, 1.82) is 0 Å². The highest BCUT2D eigenvalue weighted by Gasteiger charge is 2.41. The number of benzene rings is 4. The number of para-hydroxylation sites is 3. The van der Waals surface area contributed by atoms with Gasteiger partial charge in [-0.15, -0.1) is 0 Å². The maximum Gasteiger partial charge on any atom is 0.270 e. The van der Waals surface area contributed by atoms with Gasteiger partial charge in [0.15, 0.2) is 16.6 Å². The molecule has 194 valence electrons. The van der Waals surface area contributed by atoms with Gasteiger partial charge in [-0.1, -0.05) is 72.3 Å². The van der Waals surface area contributed by atoms with Crippen LogP contribution in [0, 0.1) is 0 Å². The van der Waals surface area contributed by atoms with E-state index in [1.807, 2.05) is 48.5 Å². The number of hydrogen-bond donors (Lipinski definition) is 0. The van der Waals surface area contributed by atoms with E-state index < -0.39 is 11.8 Å². The molecule has 0 aliphatic carbocycles. The highest BCUT2D eigenvalue weighted by atomic mass is 35.5. The molecule has 1 saturated heterocycles. The molecular formula is C31H23ClN2O4S. The molecule has 2 amide bonds. The summed E-state index contributed by atoms with van der Waals surface area (Å²) in [5.74, 6) is -0.206. The zero-order valence-electron chi connectivity index (χ0n) is 20.9. The average molecular weight is 555 g/mol. The van der Waals surface area contributed by atoms with Crippen LogP contribution in [0.4, 0.5) is 11.4 Å². The fourth-order valence-corrected chi connectivity index (χ4v) is 4.70. The van der Waals surface area contributed by atoms with E-state index >= 15 is 0 Å². The molecule has 0 N–H and O–H groups in total. The number of amides is 2. The SMILES string of the molecule is COc1cccc(C=C2C(=O)N(c3ccccc3)C(=S)N(c3ccccc3)C2=O)c1OCc1ccc(Cl)cc1. The topological polar surface area (TPSA) is 59.1 Å².